The van der Waals surface area contributed by atoms with E-state index in [1.54, 1.807) is 17.7 Å². The molecule has 0 unspecified atom stereocenters. The second-order valence-electron chi connectivity index (χ2n) is 2.74. The number of hydrogen-bond donors (Lipinski definition) is 0. The van der Waals surface area contributed by atoms with Crippen molar-refractivity contribution in [1.29, 1.82) is 0 Å². The molecule has 0 N–H and O–H groups in total. The molecule has 13 heavy (non-hydrogen) atoms. The molecular formula is C8H8ClN3S. The molecule has 0 aliphatic carbocycles. The van der Waals surface area contributed by atoms with Crippen LogP contribution in [0.4, 0.5) is 0 Å². The SMILES string of the molecule is Cc1ccc(Cn2cnnc2Cl)s1. The maximum Gasteiger partial charge on any atom is 0.225 e. The first kappa shape index (κ1) is 8.72. The minimum absolute atomic E-state index is 0.436. The topological polar surface area (TPSA) is 30.7 Å². The van der Waals surface area contributed by atoms with E-state index in [-0.39, 0.29) is 0 Å². The van der Waals surface area contributed by atoms with Crippen LogP contribution in [0.3, 0.4) is 0 Å². The smallest absolute Gasteiger partial charge is 0.225 e. The predicted octanol–water partition coefficient (Wildman–Crippen LogP) is 2.35. The lowest BCUT2D eigenvalue weighted by atomic mass is 10.4. The van der Waals surface area contributed by atoms with E-state index in [1.165, 1.54) is 9.75 Å². The van der Waals surface area contributed by atoms with Crippen molar-refractivity contribution in [2.45, 2.75) is 13.5 Å². The van der Waals surface area contributed by atoms with Crippen LogP contribution in [0, 0.1) is 6.92 Å². The molecule has 0 amide bonds. The van der Waals surface area contributed by atoms with Crippen molar-refractivity contribution in [2.24, 2.45) is 0 Å². The molecule has 0 fully saturated rings. The van der Waals surface area contributed by atoms with E-state index in [0.29, 0.717) is 5.28 Å². The molecular weight excluding hydrogens is 206 g/mol. The molecule has 0 saturated carbocycles. The summed E-state index contributed by atoms with van der Waals surface area (Å²) in [5, 5.41) is 7.85. The molecule has 0 aliphatic rings. The molecule has 2 heterocycles. The monoisotopic (exact) mass is 213 g/mol. The zero-order chi connectivity index (χ0) is 9.26. The van der Waals surface area contributed by atoms with E-state index in [1.807, 2.05) is 4.57 Å². The summed E-state index contributed by atoms with van der Waals surface area (Å²) in [7, 11) is 0. The van der Waals surface area contributed by atoms with Crippen molar-refractivity contribution in [1.82, 2.24) is 14.8 Å². The zero-order valence-electron chi connectivity index (χ0n) is 7.07. The maximum absolute atomic E-state index is 5.79. The first-order valence-corrected chi connectivity index (χ1v) is 5.04. The lowest BCUT2D eigenvalue weighted by Gasteiger charge is -1.98. The molecule has 0 radical (unpaired) electrons. The molecule has 68 valence electrons. The van der Waals surface area contributed by atoms with Crippen molar-refractivity contribution in [3.8, 4) is 0 Å². The first-order chi connectivity index (χ1) is 6.25. The van der Waals surface area contributed by atoms with Gasteiger partial charge in [-0.25, -0.2) is 0 Å². The Balaban J connectivity index is 2.19. The van der Waals surface area contributed by atoms with Crippen molar-refractivity contribution in [2.75, 3.05) is 0 Å². The molecule has 0 spiro atoms. The van der Waals surface area contributed by atoms with Gasteiger partial charge in [-0.3, -0.25) is 4.57 Å². The van der Waals surface area contributed by atoms with Crippen LogP contribution >= 0.6 is 22.9 Å². The average Bonchev–Trinajstić information content (AvgIpc) is 2.64. The van der Waals surface area contributed by atoms with Gasteiger partial charge in [0.2, 0.25) is 5.28 Å². The fourth-order valence-electron chi connectivity index (χ4n) is 1.08. The number of aryl methyl sites for hydroxylation is 1. The molecule has 0 aliphatic heterocycles. The first-order valence-electron chi connectivity index (χ1n) is 3.84. The Morgan fingerprint density at radius 3 is 2.92 bits per heavy atom. The van der Waals surface area contributed by atoms with Crippen LogP contribution in [0.5, 0.6) is 0 Å². The summed E-state index contributed by atoms with van der Waals surface area (Å²) in [4.78, 5) is 2.57. The fourth-order valence-corrected chi connectivity index (χ4v) is 2.12. The molecule has 2 aromatic heterocycles. The van der Waals surface area contributed by atoms with E-state index in [9.17, 15) is 0 Å². The number of aromatic nitrogens is 3. The molecule has 0 aromatic carbocycles. The average molecular weight is 214 g/mol. The Labute approximate surface area is 85.0 Å². The lowest BCUT2D eigenvalue weighted by Crippen LogP contribution is -1.95. The van der Waals surface area contributed by atoms with E-state index in [0.717, 1.165) is 6.54 Å². The summed E-state index contributed by atoms with van der Waals surface area (Å²) in [5.74, 6) is 0. The molecule has 0 atom stereocenters. The fraction of sp³-hybridized carbons (Fsp3) is 0.250. The number of thiophene rings is 1. The van der Waals surface area contributed by atoms with Gasteiger partial charge >= 0.3 is 0 Å². The normalized spacial score (nSPS) is 10.6. The zero-order valence-corrected chi connectivity index (χ0v) is 8.64. The Bertz CT molecular complexity index is 407. The second kappa shape index (κ2) is 3.47. The number of nitrogens with zero attached hydrogens (tertiary/aromatic N) is 3. The third kappa shape index (κ3) is 1.89. The van der Waals surface area contributed by atoms with Crippen LogP contribution in [-0.4, -0.2) is 14.8 Å². The third-order valence-electron chi connectivity index (χ3n) is 1.69. The summed E-state index contributed by atoms with van der Waals surface area (Å²) >= 11 is 7.55. The Hall–Kier alpha value is -0.870. The van der Waals surface area contributed by atoms with E-state index in [2.05, 4.69) is 29.3 Å². The summed E-state index contributed by atoms with van der Waals surface area (Å²) in [6, 6.07) is 4.19. The Morgan fingerprint density at radius 2 is 2.38 bits per heavy atom. The molecule has 0 bridgehead atoms. The highest BCUT2D eigenvalue weighted by atomic mass is 35.5. The largest absolute Gasteiger partial charge is 0.299 e. The van der Waals surface area contributed by atoms with E-state index >= 15 is 0 Å². The predicted molar refractivity (Wildman–Crippen MR) is 53.2 cm³/mol. The molecule has 5 heteroatoms. The molecule has 2 aromatic rings. The van der Waals surface area contributed by atoms with Crippen molar-refractivity contribution < 1.29 is 0 Å². The van der Waals surface area contributed by atoms with Gasteiger partial charge in [0.05, 0.1) is 6.54 Å². The minimum atomic E-state index is 0.436. The van der Waals surface area contributed by atoms with Crippen LogP contribution in [0.25, 0.3) is 0 Å². The molecule has 0 saturated heterocycles. The summed E-state index contributed by atoms with van der Waals surface area (Å²) in [5.41, 5.74) is 0. The highest BCUT2D eigenvalue weighted by molar-refractivity contribution is 7.11. The number of rotatable bonds is 2. The van der Waals surface area contributed by atoms with Crippen molar-refractivity contribution in [3.63, 3.8) is 0 Å². The third-order valence-corrected chi connectivity index (χ3v) is 2.97. The van der Waals surface area contributed by atoms with Gasteiger partial charge in [-0.05, 0) is 30.7 Å². The Morgan fingerprint density at radius 1 is 1.54 bits per heavy atom. The quantitative estimate of drug-likeness (QED) is 0.767. The van der Waals surface area contributed by atoms with Crippen LogP contribution < -0.4 is 0 Å². The van der Waals surface area contributed by atoms with Crippen LogP contribution in [-0.2, 0) is 6.54 Å². The van der Waals surface area contributed by atoms with Crippen LogP contribution in [0.2, 0.25) is 5.28 Å². The van der Waals surface area contributed by atoms with E-state index in [4.69, 9.17) is 11.6 Å². The van der Waals surface area contributed by atoms with Gasteiger partial charge in [0.25, 0.3) is 0 Å². The van der Waals surface area contributed by atoms with Crippen molar-refractivity contribution in [3.05, 3.63) is 33.5 Å². The molecule has 3 nitrogen and oxygen atoms in total. The van der Waals surface area contributed by atoms with Gasteiger partial charge in [-0.2, -0.15) is 0 Å². The second-order valence-corrected chi connectivity index (χ2v) is 4.45. The van der Waals surface area contributed by atoms with Gasteiger partial charge < -0.3 is 0 Å². The van der Waals surface area contributed by atoms with Crippen molar-refractivity contribution >= 4 is 22.9 Å². The van der Waals surface area contributed by atoms with Gasteiger partial charge in [-0.1, -0.05) is 0 Å². The van der Waals surface area contributed by atoms with Gasteiger partial charge in [0, 0.05) is 9.75 Å². The molecule has 2 rings (SSSR count). The highest BCUT2D eigenvalue weighted by Gasteiger charge is 2.02. The number of hydrogen-bond acceptors (Lipinski definition) is 3. The number of halogens is 1. The van der Waals surface area contributed by atoms with Gasteiger partial charge in [0.1, 0.15) is 6.33 Å². The van der Waals surface area contributed by atoms with Gasteiger partial charge in [0.15, 0.2) is 0 Å². The highest BCUT2D eigenvalue weighted by Crippen LogP contribution is 2.17. The standard InChI is InChI=1S/C8H8ClN3S/c1-6-2-3-7(13-6)4-12-5-10-11-8(12)9/h2-3,5H,4H2,1H3. The van der Waals surface area contributed by atoms with E-state index < -0.39 is 0 Å². The maximum atomic E-state index is 5.79. The van der Waals surface area contributed by atoms with Crippen LogP contribution in [0.1, 0.15) is 9.75 Å². The van der Waals surface area contributed by atoms with Gasteiger partial charge in [-0.15, -0.1) is 21.5 Å². The summed E-state index contributed by atoms with van der Waals surface area (Å²) in [6.07, 6.45) is 1.64. The Kier molecular flexibility index (Phi) is 2.33. The minimum Gasteiger partial charge on any atom is -0.299 e. The van der Waals surface area contributed by atoms with Crippen LogP contribution in [0.15, 0.2) is 18.5 Å². The summed E-state index contributed by atoms with van der Waals surface area (Å²) in [6.45, 7) is 2.84. The lowest BCUT2D eigenvalue weighted by molar-refractivity contribution is 0.808. The summed E-state index contributed by atoms with van der Waals surface area (Å²) < 4.78 is 1.81.